The van der Waals surface area contributed by atoms with Gasteiger partial charge < -0.3 is 20.4 Å². The Labute approximate surface area is 125 Å². The number of aliphatic hydroxyl groups is 2. The standard InChI is InChI=1S/C14H17BrN2O3/c1-17(6-7-2-8(18)3-7)12-5-11-9(4-10(12)15)13(19)14(20)16-11/h4-5,7-8,13,18-19H,2-3,6H2,1H3,(H,16,20). The number of fused-ring (bicyclic) bond motifs is 1. The summed E-state index contributed by atoms with van der Waals surface area (Å²) in [6.45, 7) is 0.866. The molecule has 1 aromatic carbocycles. The summed E-state index contributed by atoms with van der Waals surface area (Å²) in [5.41, 5.74) is 2.25. The van der Waals surface area contributed by atoms with Crippen LogP contribution in [0.25, 0.3) is 0 Å². The number of amides is 1. The number of anilines is 2. The lowest BCUT2D eigenvalue weighted by molar-refractivity contribution is -0.123. The number of rotatable bonds is 3. The van der Waals surface area contributed by atoms with E-state index in [0.29, 0.717) is 17.2 Å². The van der Waals surface area contributed by atoms with Crippen LogP contribution in [0.4, 0.5) is 11.4 Å². The summed E-state index contributed by atoms with van der Waals surface area (Å²) in [4.78, 5) is 13.6. The van der Waals surface area contributed by atoms with Gasteiger partial charge >= 0.3 is 0 Å². The van der Waals surface area contributed by atoms with Gasteiger partial charge in [-0.3, -0.25) is 4.79 Å². The van der Waals surface area contributed by atoms with Gasteiger partial charge in [0.25, 0.3) is 5.91 Å². The van der Waals surface area contributed by atoms with Crippen LogP contribution in [0.15, 0.2) is 16.6 Å². The van der Waals surface area contributed by atoms with Crippen LogP contribution in [0.5, 0.6) is 0 Å². The largest absolute Gasteiger partial charge is 0.393 e. The second kappa shape index (κ2) is 5.02. The highest BCUT2D eigenvalue weighted by atomic mass is 79.9. The van der Waals surface area contributed by atoms with Crippen molar-refractivity contribution in [1.29, 1.82) is 0 Å². The number of hydrogen-bond donors (Lipinski definition) is 3. The van der Waals surface area contributed by atoms with E-state index >= 15 is 0 Å². The van der Waals surface area contributed by atoms with E-state index in [0.717, 1.165) is 29.5 Å². The molecule has 5 nitrogen and oxygen atoms in total. The van der Waals surface area contributed by atoms with Crippen LogP contribution in [0.3, 0.4) is 0 Å². The first-order valence-electron chi connectivity index (χ1n) is 6.67. The van der Waals surface area contributed by atoms with Crippen LogP contribution in [0, 0.1) is 5.92 Å². The normalized spacial score (nSPS) is 27.8. The van der Waals surface area contributed by atoms with E-state index < -0.39 is 6.10 Å². The van der Waals surface area contributed by atoms with E-state index in [-0.39, 0.29) is 12.0 Å². The highest BCUT2D eigenvalue weighted by molar-refractivity contribution is 9.10. The molecule has 20 heavy (non-hydrogen) atoms. The maximum absolute atomic E-state index is 11.5. The number of carbonyl (C=O) groups excluding carboxylic acids is 1. The first kappa shape index (κ1) is 13.9. The van der Waals surface area contributed by atoms with Crippen LogP contribution < -0.4 is 10.2 Å². The molecule has 6 heteroatoms. The van der Waals surface area contributed by atoms with Gasteiger partial charge in [0.1, 0.15) is 0 Å². The molecule has 2 aliphatic rings. The number of nitrogens with one attached hydrogen (secondary N) is 1. The van der Waals surface area contributed by atoms with Crippen molar-refractivity contribution >= 4 is 33.2 Å². The van der Waals surface area contributed by atoms with E-state index in [1.54, 1.807) is 6.07 Å². The van der Waals surface area contributed by atoms with E-state index in [9.17, 15) is 15.0 Å². The van der Waals surface area contributed by atoms with Crippen LogP contribution in [0.2, 0.25) is 0 Å². The molecule has 0 saturated heterocycles. The molecule has 1 aliphatic carbocycles. The van der Waals surface area contributed by atoms with Gasteiger partial charge in [-0.15, -0.1) is 0 Å². The molecule has 1 saturated carbocycles. The second-order valence-corrected chi connectivity index (χ2v) is 6.51. The van der Waals surface area contributed by atoms with Crippen LogP contribution in [-0.2, 0) is 4.79 Å². The van der Waals surface area contributed by atoms with Gasteiger partial charge in [-0.1, -0.05) is 0 Å². The zero-order valence-electron chi connectivity index (χ0n) is 11.1. The van der Waals surface area contributed by atoms with Crippen LogP contribution in [0.1, 0.15) is 24.5 Å². The van der Waals surface area contributed by atoms with E-state index in [1.165, 1.54) is 0 Å². The first-order chi connectivity index (χ1) is 9.45. The number of nitrogens with zero attached hydrogens (tertiary/aromatic N) is 1. The Morgan fingerprint density at radius 2 is 2.10 bits per heavy atom. The molecule has 1 unspecified atom stereocenters. The minimum Gasteiger partial charge on any atom is -0.393 e. The second-order valence-electron chi connectivity index (χ2n) is 5.65. The summed E-state index contributed by atoms with van der Waals surface area (Å²) >= 11 is 3.50. The molecule has 1 fully saturated rings. The molecule has 0 spiro atoms. The quantitative estimate of drug-likeness (QED) is 0.782. The van der Waals surface area contributed by atoms with Gasteiger partial charge in [0.2, 0.25) is 0 Å². The van der Waals surface area contributed by atoms with E-state index in [4.69, 9.17) is 0 Å². The number of halogens is 1. The third kappa shape index (κ3) is 2.32. The van der Waals surface area contributed by atoms with E-state index in [2.05, 4.69) is 26.1 Å². The van der Waals surface area contributed by atoms with Crippen molar-refractivity contribution in [3.8, 4) is 0 Å². The fraction of sp³-hybridized carbons (Fsp3) is 0.500. The number of carbonyl (C=O) groups is 1. The van der Waals surface area contributed by atoms with Gasteiger partial charge in [0.15, 0.2) is 6.10 Å². The minimum absolute atomic E-state index is 0.147. The molecule has 108 valence electrons. The fourth-order valence-corrected chi connectivity index (χ4v) is 3.55. The van der Waals surface area contributed by atoms with E-state index in [1.807, 2.05) is 13.1 Å². The maximum Gasteiger partial charge on any atom is 0.257 e. The summed E-state index contributed by atoms with van der Waals surface area (Å²) < 4.78 is 0.856. The van der Waals surface area contributed by atoms with Crippen molar-refractivity contribution in [2.75, 3.05) is 23.8 Å². The molecule has 0 aromatic heterocycles. The number of hydrogen-bond acceptors (Lipinski definition) is 4. The Kier molecular flexibility index (Phi) is 3.48. The molecule has 0 radical (unpaired) electrons. The smallest absolute Gasteiger partial charge is 0.257 e. The number of benzene rings is 1. The number of aliphatic hydroxyl groups excluding tert-OH is 2. The fourth-order valence-electron chi connectivity index (χ4n) is 2.88. The SMILES string of the molecule is CN(CC1CC(O)C1)c1cc2c(cc1Br)C(O)C(=O)N2. The molecule has 1 amide bonds. The van der Waals surface area contributed by atoms with Crippen molar-refractivity contribution in [2.45, 2.75) is 25.0 Å². The Morgan fingerprint density at radius 1 is 1.40 bits per heavy atom. The zero-order chi connectivity index (χ0) is 14.4. The minimum atomic E-state index is -1.08. The first-order valence-corrected chi connectivity index (χ1v) is 7.46. The summed E-state index contributed by atoms with van der Waals surface area (Å²) in [5, 5.41) is 21.8. The lowest BCUT2D eigenvalue weighted by Gasteiger charge is -2.35. The lowest BCUT2D eigenvalue weighted by atomic mass is 9.82. The highest BCUT2D eigenvalue weighted by Gasteiger charge is 2.31. The predicted molar refractivity (Wildman–Crippen MR) is 79.7 cm³/mol. The zero-order valence-corrected chi connectivity index (χ0v) is 12.7. The summed E-state index contributed by atoms with van der Waals surface area (Å²) in [5.74, 6) is 0.129. The van der Waals surface area contributed by atoms with Gasteiger partial charge in [-0.05, 0) is 46.8 Å². The molecule has 1 atom stereocenters. The molecule has 0 bridgehead atoms. The highest BCUT2D eigenvalue weighted by Crippen LogP contribution is 2.39. The van der Waals surface area contributed by atoms with Crippen molar-refractivity contribution in [3.05, 3.63) is 22.2 Å². The van der Waals surface area contributed by atoms with Gasteiger partial charge in [0.05, 0.1) is 11.8 Å². The average molecular weight is 341 g/mol. The molecule has 1 heterocycles. The van der Waals surface area contributed by atoms with Gasteiger partial charge in [0, 0.05) is 29.3 Å². The Morgan fingerprint density at radius 3 is 2.75 bits per heavy atom. The summed E-state index contributed by atoms with van der Waals surface area (Å²) in [6, 6.07) is 3.67. The van der Waals surface area contributed by atoms with Crippen molar-refractivity contribution in [1.82, 2.24) is 0 Å². The molecular weight excluding hydrogens is 324 g/mol. The van der Waals surface area contributed by atoms with Gasteiger partial charge in [-0.2, -0.15) is 0 Å². The average Bonchev–Trinajstić information content (AvgIpc) is 2.63. The van der Waals surface area contributed by atoms with Crippen molar-refractivity contribution < 1.29 is 15.0 Å². The summed E-state index contributed by atoms with van der Waals surface area (Å²) in [7, 11) is 1.99. The molecule has 1 aliphatic heterocycles. The van der Waals surface area contributed by atoms with Crippen LogP contribution >= 0.6 is 15.9 Å². The lowest BCUT2D eigenvalue weighted by Crippen LogP contribution is -2.37. The Balaban J connectivity index is 1.80. The molecule has 3 rings (SSSR count). The monoisotopic (exact) mass is 340 g/mol. The predicted octanol–water partition coefficient (Wildman–Crippen LogP) is 1.64. The molecular formula is C14H17BrN2O3. The Hall–Kier alpha value is -1.11. The molecule has 3 N–H and O–H groups in total. The summed E-state index contributed by atoms with van der Waals surface area (Å²) in [6.07, 6.45) is 0.471. The maximum atomic E-state index is 11.5. The Bertz CT molecular complexity index is 558. The third-order valence-electron chi connectivity index (χ3n) is 4.07. The molecule has 1 aromatic rings. The van der Waals surface area contributed by atoms with Gasteiger partial charge in [-0.25, -0.2) is 0 Å². The van der Waals surface area contributed by atoms with Crippen molar-refractivity contribution in [2.24, 2.45) is 5.92 Å². The van der Waals surface area contributed by atoms with Crippen molar-refractivity contribution in [3.63, 3.8) is 0 Å². The third-order valence-corrected chi connectivity index (χ3v) is 4.71. The topological polar surface area (TPSA) is 72.8 Å². The van der Waals surface area contributed by atoms with Crippen LogP contribution in [-0.4, -0.2) is 35.8 Å².